The lowest BCUT2D eigenvalue weighted by Gasteiger charge is -2.35. The lowest BCUT2D eigenvalue weighted by molar-refractivity contribution is -0.129. The molecule has 0 radical (unpaired) electrons. The minimum atomic E-state index is -0.142. The fraction of sp³-hybridized carbons (Fsp3) is 0.350. The molecule has 1 N–H and O–H groups in total. The summed E-state index contributed by atoms with van der Waals surface area (Å²) < 4.78 is 0. The Kier molecular flexibility index (Phi) is 5.51. The Morgan fingerprint density at radius 3 is 2.54 bits per heavy atom. The van der Waals surface area contributed by atoms with Gasteiger partial charge in [0.1, 0.15) is 5.82 Å². The molecular weight excluding hydrogens is 328 g/mol. The molecule has 2 heterocycles. The number of anilines is 2. The van der Waals surface area contributed by atoms with Gasteiger partial charge in [-0.25, -0.2) is 4.98 Å². The van der Waals surface area contributed by atoms with E-state index in [-0.39, 0.29) is 11.8 Å². The number of benzene rings is 1. The van der Waals surface area contributed by atoms with Gasteiger partial charge in [-0.3, -0.25) is 9.59 Å². The van der Waals surface area contributed by atoms with Crippen LogP contribution in [0.15, 0.2) is 42.6 Å². The molecule has 1 aliphatic rings. The predicted molar refractivity (Wildman–Crippen MR) is 102 cm³/mol. The van der Waals surface area contributed by atoms with Gasteiger partial charge in [0.2, 0.25) is 5.91 Å². The Labute approximate surface area is 153 Å². The third-order valence-corrected chi connectivity index (χ3v) is 4.70. The number of aryl methyl sites for hydroxylation is 1. The second-order valence-corrected chi connectivity index (χ2v) is 6.36. The number of rotatable bonds is 4. The number of carbonyl (C=O) groups is 2. The standard InChI is InChI=1S/C20H24N4O2/c1-3-16-6-4-5-7-18(16)22-20(26)17-8-9-21-19(14-17)24-12-10-23(11-13-24)15(2)25/h4-9,14H,3,10-13H2,1-2H3,(H,22,26). The molecule has 136 valence electrons. The summed E-state index contributed by atoms with van der Waals surface area (Å²) in [5, 5.41) is 2.99. The van der Waals surface area contributed by atoms with Crippen molar-refractivity contribution in [1.29, 1.82) is 0 Å². The monoisotopic (exact) mass is 352 g/mol. The summed E-state index contributed by atoms with van der Waals surface area (Å²) in [7, 11) is 0. The zero-order chi connectivity index (χ0) is 18.5. The summed E-state index contributed by atoms with van der Waals surface area (Å²) in [6, 6.07) is 11.4. The molecule has 0 bridgehead atoms. The van der Waals surface area contributed by atoms with Crippen LogP contribution in [-0.2, 0) is 11.2 Å². The number of carbonyl (C=O) groups excluding carboxylic acids is 2. The third-order valence-electron chi connectivity index (χ3n) is 4.70. The Bertz CT molecular complexity index is 798. The summed E-state index contributed by atoms with van der Waals surface area (Å²) in [4.78, 5) is 32.4. The molecule has 0 unspecified atom stereocenters. The Hall–Kier alpha value is -2.89. The van der Waals surface area contributed by atoms with Crippen LogP contribution in [0.2, 0.25) is 0 Å². The minimum absolute atomic E-state index is 0.0975. The lowest BCUT2D eigenvalue weighted by atomic mass is 10.1. The van der Waals surface area contributed by atoms with E-state index in [0.717, 1.165) is 36.6 Å². The van der Waals surface area contributed by atoms with Gasteiger partial charge in [0.05, 0.1) is 0 Å². The maximum atomic E-state index is 12.6. The fourth-order valence-electron chi connectivity index (χ4n) is 3.13. The summed E-state index contributed by atoms with van der Waals surface area (Å²) in [6.07, 6.45) is 2.52. The summed E-state index contributed by atoms with van der Waals surface area (Å²) in [6.45, 7) is 6.45. The van der Waals surface area contributed by atoms with Gasteiger partial charge in [-0.15, -0.1) is 0 Å². The first-order valence-corrected chi connectivity index (χ1v) is 8.94. The van der Waals surface area contributed by atoms with Crippen molar-refractivity contribution in [1.82, 2.24) is 9.88 Å². The van der Waals surface area contributed by atoms with Crippen molar-refractivity contribution in [3.63, 3.8) is 0 Å². The van der Waals surface area contributed by atoms with Gasteiger partial charge < -0.3 is 15.1 Å². The van der Waals surface area contributed by atoms with E-state index < -0.39 is 0 Å². The summed E-state index contributed by atoms with van der Waals surface area (Å²) in [5.41, 5.74) is 2.53. The number of nitrogens with one attached hydrogen (secondary N) is 1. The molecular formula is C20H24N4O2. The molecule has 0 saturated carbocycles. The zero-order valence-electron chi connectivity index (χ0n) is 15.2. The predicted octanol–water partition coefficient (Wildman–Crippen LogP) is 2.56. The Morgan fingerprint density at radius 1 is 1.12 bits per heavy atom. The van der Waals surface area contributed by atoms with Gasteiger partial charge in [-0.2, -0.15) is 0 Å². The molecule has 1 aromatic heterocycles. The first-order chi connectivity index (χ1) is 12.6. The molecule has 0 aliphatic carbocycles. The highest BCUT2D eigenvalue weighted by atomic mass is 16.2. The molecule has 1 aromatic carbocycles. The molecule has 1 fully saturated rings. The van der Waals surface area contributed by atoms with Gasteiger partial charge in [0.15, 0.2) is 0 Å². The number of nitrogens with zero attached hydrogens (tertiary/aromatic N) is 3. The van der Waals surface area contributed by atoms with Crippen LogP contribution in [0.5, 0.6) is 0 Å². The molecule has 2 amide bonds. The van der Waals surface area contributed by atoms with Crippen LogP contribution in [0.25, 0.3) is 0 Å². The van der Waals surface area contributed by atoms with E-state index >= 15 is 0 Å². The van der Waals surface area contributed by atoms with Crippen LogP contribution < -0.4 is 10.2 Å². The SMILES string of the molecule is CCc1ccccc1NC(=O)c1ccnc(N2CCN(C(C)=O)CC2)c1. The minimum Gasteiger partial charge on any atom is -0.353 e. The molecule has 0 atom stereocenters. The smallest absolute Gasteiger partial charge is 0.255 e. The Morgan fingerprint density at radius 2 is 1.85 bits per heavy atom. The molecule has 0 spiro atoms. The molecule has 3 rings (SSSR count). The van der Waals surface area contributed by atoms with E-state index in [2.05, 4.69) is 22.1 Å². The van der Waals surface area contributed by atoms with Crippen molar-refractivity contribution in [2.24, 2.45) is 0 Å². The van der Waals surface area contributed by atoms with Gasteiger partial charge in [-0.05, 0) is 30.2 Å². The lowest BCUT2D eigenvalue weighted by Crippen LogP contribution is -2.48. The van der Waals surface area contributed by atoms with Crippen LogP contribution in [0.3, 0.4) is 0 Å². The third kappa shape index (κ3) is 4.02. The first-order valence-electron chi connectivity index (χ1n) is 8.94. The summed E-state index contributed by atoms with van der Waals surface area (Å²) in [5.74, 6) is 0.724. The van der Waals surface area contributed by atoms with Crippen molar-refractivity contribution < 1.29 is 9.59 Å². The molecule has 6 nitrogen and oxygen atoms in total. The molecule has 2 aromatic rings. The maximum absolute atomic E-state index is 12.6. The van der Waals surface area contributed by atoms with E-state index in [1.54, 1.807) is 19.2 Å². The molecule has 1 saturated heterocycles. The van der Waals surface area contributed by atoms with Crippen LogP contribution in [0.1, 0.15) is 29.8 Å². The van der Waals surface area contributed by atoms with Gasteiger partial charge in [0, 0.05) is 50.6 Å². The van der Waals surface area contributed by atoms with Crippen molar-refractivity contribution >= 4 is 23.3 Å². The van der Waals surface area contributed by atoms with E-state index in [9.17, 15) is 9.59 Å². The molecule has 26 heavy (non-hydrogen) atoms. The second-order valence-electron chi connectivity index (χ2n) is 6.36. The number of pyridine rings is 1. The number of piperazine rings is 1. The van der Waals surface area contributed by atoms with Crippen LogP contribution in [-0.4, -0.2) is 47.9 Å². The zero-order valence-corrected chi connectivity index (χ0v) is 15.2. The number of para-hydroxylation sites is 1. The second kappa shape index (κ2) is 7.99. The summed E-state index contributed by atoms with van der Waals surface area (Å²) >= 11 is 0. The Balaban J connectivity index is 1.71. The van der Waals surface area contributed by atoms with Crippen LogP contribution in [0, 0.1) is 0 Å². The average Bonchev–Trinajstić information content (AvgIpc) is 2.68. The number of amides is 2. The van der Waals surface area contributed by atoms with Gasteiger partial charge in [0.25, 0.3) is 5.91 Å². The van der Waals surface area contributed by atoms with Gasteiger partial charge in [-0.1, -0.05) is 25.1 Å². The van der Waals surface area contributed by atoms with E-state index in [1.165, 1.54) is 0 Å². The molecule has 6 heteroatoms. The fourth-order valence-corrected chi connectivity index (χ4v) is 3.13. The van der Waals surface area contributed by atoms with E-state index in [0.29, 0.717) is 18.7 Å². The van der Waals surface area contributed by atoms with Crippen molar-refractivity contribution in [2.75, 3.05) is 36.4 Å². The van der Waals surface area contributed by atoms with Crippen LogP contribution in [0.4, 0.5) is 11.5 Å². The largest absolute Gasteiger partial charge is 0.353 e. The topological polar surface area (TPSA) is 65.5 Å². The maximum Gasteiger partial charge on any atom is 0.255 e. The number of hydrogen-bond donors (Lipinski definition) is 1. The number of aromatic nitrogens is 1. The number of hydrogen-bond acceptors (Lipinski definition) is 4. The molecule has 1 aliphatic heterocycles. The van der Waals surface area contributed by atoms with Crippen LogP contribution >= 0.6 is 0 Å². The van der Waals surface area contributed by atoms with Gasteiger partial charge >= 0.3 is 0 Å². The van der Waals surface area contributed by atoms with Crippen molar-refractivity contribution in [3.8, 4) is 0 Å². The van der Waals surface area contributed by atoms with E-state index in [4.69, 9.17) is 0 Å². The highest BCUT2D eigenvalue weighted by Crippen LogP contribution is 2.19. The average molecular weight is 352 g/mol. The first kappa shape index (κ1) is 17.9. The van der Waals surface area contributed by atoms with Crippen molar-refractivity contribution in [3.05, 3.63) is 53.7 Å². The van der Waals surface area contributed by atoms with E-state index in [1.807, 2.05) is 35.2 Å². The quantitative estimate of drug-likeness (QED) is 0.918. The highest BCUT2D eigenvalue weighted by molar-refractivity contribution is 6.05. The van der Waals surface area contributed by atoms with Crippen molar-refractivity contribution in [2.45, 2.75) is 20.3 Å². The highest BCUT2D eigenvalue weighted by Gasteiger charge is 2.20. The normalized spacial score (nSPS) is 14.2.